The zero-order chi connectivity index (χ0) is 13.4. The monoisotopic (exact) mass is 261 g/mol. The molecule has 1 rings (SSSR count). The van der Waals surface area contributed by atoms with Gasteiger partial charge in [-0.05, 0) is 32.6 Å². The van der Waals surface area contributed by atoms with E-state index in [2.05, 4.69) is 35.0 Å². The lowest BCUT2D eigenvalue weighted by Gasteiger charge is -2.43. The van der Waals surface area contributed by atoms with E-state index in [0.29, 0.717) is 12.8 Å². The van der Waals surface area contributed by atoms with Gasteiger partial charge < -0.3 is 10.4 Å². The van der Waals surface area contributed by atoms with Crippen molar-refractivity contribution in [3.8, 4) is 0 Å². The molecular formula is C13H25FNOP. The lowest BCUT2D eigenvalue weighted by atomic mass is 9.79. The number of hydrogen-bond acceptors (Lipinski definition) is 2. The summed E-state index contributed by atoms with van der Waals surface area (Å²) >= 11 is 0. The van der Waals surface area contributed by atoms with E-state index >= 15 is 0 Å². The van der Waals surface area contributed by atoms with E-state index in [0.717, 1.165) is 5.70 Å². The van der Waals surface area contributed by atoms with Crippen LogP contribution in [0.3, 0.4) is 0 Å². The van der Waals surface area contributed by atoms with Crippen molar-refractivity contribution in [3.63, 3.8) is 0 Å². The van der Waals surface area contributed by atoms with Crippen LogP contribution in [0.2, 0.25) is 0 Å². The molecule has 1 aliphatic rings. The van der Waals surface area contributed by atoms with Crippen molar-refractivity contribution < 1.29 is 9.50 Å². The third-order valence-electron chi connectivity index (χ3n) is 3.43. The Kier molecular flexibility index (Phi) is 4.26. The number of halogens is 1. The molecule has 4 heteroatoms. The Morgan fingerprint density at radius 3 is 2.29 bits per heavy atom. The third kappa shape index (κ3) is 3.93. The molecule has 2 nitrogen and oxygen atoms in total. The Balaban J connectivity index is 2.55. The van der Waals surface area contributed by atoms with E-state index < -0.39 is 11.0 Å². The molecule has 0 aliphatic heterocycles. The molecule has 1 saturated carbocycles. The minimum atomic E-state index is -1.11. The Morgan fingerprint density at radius 2 is 2.00 bits per heavy atom. The van der Waals surface area contributed by atoms with Gasteiger partial charge in [0.1, 0.15) is 5.41 Å². The number of allylic oxidation sites excluding steroid dienone is 1. The Bertz CT molecular complexity index is 288. The van der Waals surface area contributed by atoms with Crippen LogP contribution in [0.25, 0.3) is 0 Å². The molecule has 2 N–H and O–H groups in total. The first-order valence-corrected chi connectivity index (χ1v) is 6.76. The average Bonchev–Trinajstić information content (AvgIpc) is 2.07. The third-order valence-corrected chi connectivity index (χ3v) is 3.90. The summed E-state index contributed by atoms with van der Waals surface area (Å²) in [6.07, 6.45) is 1.00. The molecule has 0 radical (unpaired) electrons. The van der Waals surface area contributed by atoms with E-state index in [1.807, 2.05) is 0 Å². The van der Waals surface area contributed by atoms with Gasteiger partial charge in [0.15, 0.2) is 0 Å². The normalized spacial score (nSPS) is 30.9. The summed E-state index contributed by atoms with van der Waals surface area (Å²) < 4.78 is 13.4. The van der Waals surface area contributed by atoms with Crippen molar-refractivity contribution in [2.75, 3.05) is 0 Å². The van der Waals surface area contributed by atoms with E-state index in [9.17, 15) is 9.50 Å². The highest BCUT2D eigenvalue weighted by atomic mass is 31.0. The van der Waals surface area contributed by atoms with Gasteiger partial charge in [0, 0.05) is 11.6 Å². The van der Waals surface area contributed by atoms with Gasteiger partial charge in [0.05, 0.1) is 11.6 Å². The topological polar surface area (TPSA) is 32.3 Å². The van der Waals surface area contributed by atoms with Crippen LogP contribution in [0.5, 0.6) is 0 Å². The van der Waals surface area contributed by atoms with Crippen LogP contribution in [0.4, 0.5) is 4.39 Å². The highest BCUT2D eigenvalue weighted by Gasteiger charge is 2.43. The maximum atomic E-state index is 13.4. The molecule has 2 atom stereocenters. The van der Waals surface area contributed by atoms with Gasteiger partial charge in [-0.1, -0.05) is 29.7 Å². The first kappa shape index (κ1) is 14.9. The number of hydrogen-bond donors (Lipinski definition) is 2. The summed E-state index contributed by atoms with van der Waals surface area (Å²) in [4.78, 5) is 0. The van der Waals surface area contributed by atoms with Gasteiger partial charge in [-0.25, -0.2) is 4.39 Å². The van der Waals surface area contributed by atoms with Crippen molar-refractivity contribution >= 4 is 9.24 Å². The van der Waals surface area contributed by atoms with Gasteiger partial charge in [0.2, 0.25) is 0 Å². The van der Waals surface area contributed by atoms with Crippen LogP contribution in [0, 0.1) is 11.8 Å². The molecule has 0 aromatic heterocycles. The largest absolute Gasteiger partial charge is 0.388 e. The second-order valence-electron chi connectivity index (χ2n) is 6.18. The fourth-order valence-electron chi connectivity index (χ4n) is 2.48. The zero-order valence-electron chi connectivity index (χ0n) is 11.3. The maximum Gasteiger partial charge on any atom is 0.125 e. The molecule has 2 unspecified atom stereocenters. The summed E-state index contributed by atoms with van der Waals surface area (Å²) in [6, 6.07) is -0.0610. The van der Waals surface area contributed by atoms with Crippen LogP contribution < -0.4 is 5.32 Å². The molecule has 0 aromatic rings. The van der Waals surface area contributed by atoms with Gasteiger partial charge >= 0.3 is 0 Å². The SMILES string of the molecule is C=C(NC(C(C)C)C(C)(C)O)C1CC(F)(P)C1. The van der Waals surface area contributed by atoms with Crippen LogP contribution in [0.15, 0.2) is 12.3 Å². The molecule has 1 fully saturated rings. The number of nitrogens with one attached hydrogen (secondary N) is 1. The fraction of sp³-hybridized carbons (Fsp3) is 0.846. The summed E-state index contributed by atoms with van der Waals surface area (Å²) in [5.74, 6) is 0.471. The van der Waals surface area contributed by atoms with Crippen molar-refractivity contribution in [1.82, 2.24) is 5.32 Å². The van der Waals surface area contributed by atoms with E-state index in [1.165, 1.54) is 0 Å². The molecule has 100 valence electrons. The minimum absolute atomic E-state index is 0.0610. The smallest absolute Gasteiger partial charge is 0.125 e. The molecule has 0 bridgehead atoms. The van der Waals surface area contributed by atoms with Crippen LogP contribution in [-0.4, -0.2) is 22.2 Å². The molecule has 17 heavy (non-hydrogen) atoms. The summed E-state index contributed by atoms with van der Waals surface area (Å²) in [6.45, 7) is 11.7. The van der Waals surface area contributed by atoms with E-state index in [-0.39, 0.29) is 17.9 Å². The van der Waals surface area contributed by atoms with Crippen molar-refractivity contribution in [2.24, 2.45) is 11.8 Å². The first-order valence-electron chi connectivity index (χ1n) is 6.18. The molecule has 0 saturated heterocycles. The second-order valence-corrected chi connectivity index (χ2v) is 7.22. The van der Waals surface area contributed by atoms with Crippen molar-refractivity contribution in [3.05, 3.63) is 12.3 Å². The lowest BCUT2D eigenvalue weighted by molar-refractivity contribution is 0.0198. The van der Waals surface area contributed by atoms with Gasteiger partial charge in [-0.3, -0.25) is 0 Å². The molecule has 0 heterocycles. The summed E-state index contributed by atoms with van der Waals surface area (Å²) in [7, 11) is 2.25. The van der Waals surface area contributed by atoms with Crippen molar-refractivity contribution in [2.45, 2.75) is 57.6 Å². The van der Waals surface area contributed by atoms with Gasteiger partial charge in [-0.2, -0.15) is 0 Å². The van der Waals surface area contributed by atoms with Gasteiger partial charge in [0.25, 0.3) is 0 Å². The summed E-state index contributed by atoms with van der Waals surface area (Å²) in [5, 5.41) is 12.3. The second kappa shape index (κ2) is 4.85. The first-order chi connectivity index (χ1) is 7.53. The maximum absolute atomic E-state index is 13.4. The Labute approximate surface area is 106 Å². The highest BCUT2D eigenvalue weighted by molar-refractivity contribution is 7.18. The lowest BCUT2D eigenvalue weighted by Crippen LogP contribution is -2.51. The van der Waals surface area contributed by atoms with Crippen molar-refractivity contribution in [1.29, 1.82) is 0 Å². The quantitative estimate of drug-likeness (QED) is 0.746. The standard InChI is InChI=1S/C13H25FNOP/c1-8(2)11(12(4,5)16)15-9(3)10-6-13(14,17)7-10/h8,10-11,15-16H,3,6-7,17H2,1-2,4-5H3. The number of alkyl halides is 1. The Morgan fingerprint density at radius 1 is 1.53 bits per heavy atom. The van der Waals surface area contributed by atoms with Crippen LogP contribution >= 0.6 is 9.24 Å². The molecule has 1 aliphatic carbocycles. The minimum Gasteiger partial charge on any atom is -0.388 e. The number of rotatable bonds is 5. The highest BCUT2D eigenvalue weighted by Crippen LogP contribution is 2.48. The molecular weight excluding hydrogens is 236 g/mol. The summed E-state index contributed by atoms with van der Waals surface area (Å²) in [5.41, 5.74) is 0.0378. The van der Waals surface area contributed by atoms with E-state index in [1.54, 1.807) is 13.8 Å². The predicted molar refractivity (Wildman–Crippen MR) is 73.5 cm³/mol. The fourth-order valence-corrected chi connectivity index (χ4v) is 3.05. The number of aliphatic hydroxyl groups is 1. The van der Waals surface area contributed by atoms with Crippen LogP contribution in [0.1, 0.15) is 40.5 Å². The predicted octanol–water partition coefficient (Wildman–Crippen LogP) is 2.84. The molecule has 0 amide bonds. The molecule has 0 spiro atoms. The van der Waals surface area contributed by atoms with Crippen LogP contribution in [-0.2, 0) is 0 Å². The Hall–Kier alpha value is -0.140. The average molecular weight is 261 g/mol. The molecule has 0 aromatic carbocycles. The van der Waals surface area contributed by atoms with Gasteiger partial charge in [-0.15, -0.1) is 0 Å². The zero-order valence-corrected chi connectivity index (χ0v) is 12.4. The van der Waals surface area contributed by atoms with E-state index in [4.69, 9.17) is 0 Å².